The van der Waals surface area contributed by atoms with E-state index in [1.807, 2.05) is 60.9 Å². The van der Waals surface area contributed by atoms with E-state index < -0.39 is 0 Å². The van der Waals surface area contributed by atoms with Crippen LogP contribution < -0.4 is 10.1 Å². The number of carbonyl (C=O) groups is 1. The third-order valence-corrected chi connectivity index (χ3v) is 5.68. The first-order valence-electron chi connectivity index (χ1n) is 9.66. The minimum Gasteiger partial charge on any atom is -0.497 e. The first-order chi connectivity index (χ1) is 14.1. The molecule has 0 unspecified atom stereocenters. The summed E-state index contributed by atoms with van der Waals surface area (Å²) in [6.45, 7) is 6.86. The van der Waals surface area contributed by atoms with E-state index >= 15 is 0 Å². The van der Waals surface area contributed by atoms with Gasteiger partial charge in [-0.05, 0) is 55.7 Å². The van der Waals surface area contributed by atoms with Gasteiger partial charge in [0.25, 0.3) is 0 Å². The van der Waals surface area contributed by atoms with Crippen LogP contribution in [-0.2, 0) is 17.8 Å². The molecule has 0 saturated heterocycles. The molecule has 0 saturated carbocycles. The smallest absolute Gasteiger partial charge is 0.234 e. The molecule has 0 bridgehead atoms. The zero-order valence-corrected chi connectivity index (χ0v) is 18.0. The van der Waals surface area contributed by atoms with Gasteiger partial charge in [-0.25, -0.2) is 0 Å². The first-order valence-corrected chi connectivity index (χ1v) is 10.6. The van der Waals surface area contributed by atoms with Crippen molar-refractivity contribution in [3.8, 4) is 17.1 Å². The monoisotopic (exact) mass is 410 g/mol. The third-order valence-electron chi connectivity index (χ3n) is 4.72. The summed E-state index contributed by atoms with van der Waals surface area (Å²) in [6, 6.07) is 13.8. The molecule has 3 rings (SSSR count). The second-order valence-electron chi connectivity index (χ2n) is 6.58. The van der Waals surface area contributed by atoms with Crippen LogP contribution >= 0.6 is 11.8 Å². The largest absolute Gasteiger partial charge is 0.497 e. The van der Waals surface area contributed by atoms with Gasteiger partial charge >= 0.3 is 0 Å². The van der Waals surface area contributed by atoms with Gasteiger partial charge in [-0.15, -0.1) is 10.2 Å². The first kappa shape index (κ1) is 20.9. The van der Waals surface area contributed by atoms with Gasteiger partial charge in [0.2, 0.25) is 5.91 Å². The van der Waals surface area contributed by atoms with Crippen LogP contribution in [0.4, 0.5) is 5.69 Å². The van der Waals surface area contributed by atoms with Crippen molar-refractivity contribution in [3.63, 3.8) is 0 Å². The van der Waals surface area contributed by atoms with Crippen LogP contribution in [0.3, 0.4) is 0 Å². The van der Waals surface area contributed by atoms with Crippen LogP contribution in [0.5, 0.6) is 5.75 Å². The minimum absolute atomic E-state index is 0.0457. The fourth-order valence-electron chi connectivity index (χ4n) is 3.14. The van der Waals surface area contributed by atoms with Crippen LogP contribution in [0.25, 0.3) is 11.4 Å². The van der Waals surface area contributed by atoms with Gasteiger partial charge < -0.3 is 14.6 Å². The predicted octanol–water partition coefficient (Wildman–Crippen LogP) is 4.58. The molecule has 1 N–H and O–H groups in total. The molecule has 0 aliphatic carbocycles. The number of hydrogen-bond acceptors (Lipinski definition) is 5. The van der Waals surface area contributed by atoms with E-state index in [-0.39, 0.29) is 11.7 Å². The average Bonchev–Trinajstić information content (AvgIpc) is 3.16. The standard InChI is InChI=1S/C22H26N4O2S/c1-5-16-9-7-8-15(3)20(16)23-19(27)14-29-22-25-24-21(26(22)6-2)17-10-12-18(28-4)13-11-17/h7-13H,5-6,14H2,1-4H3,(H,23,27). The highest BCUT2D eigenvalue weighted by Crippen LogP contribution is 2.26. The summed E-state index contributed by atoms with van der Waals surface area (Å²) in [5, 5.41) is 12.4. The molecule has 0 atom stereocenters. The number of nitrogens with one attached hydrogen (secondary N) is 1. The molecule has 2 aromatic carbocycles. The zero-order chi connectivity index (χ0) is 20.8. The van der Waals surface area contributed by atoms with E-state index in [4.69, 9.17) is 4.74 Å². The maximum atomic E-state index is 12.5. The van der Waals surface area contributed by atoms with E-state index in [2.05, 4.69) is 22.4 Å². The SMILES string of the molecule is CCc1cccc(C)c1NC(=O)CSc1nnc(-c2ccc(OC)cc2)n1CC. The second-order valence-corrected chi connectivity index (χ2v) is 7.52. The van der Waals surface area contributed by atoms with Crippen molar-refractivity contribution in [2.24, 2.45) is 0 Å². The number of carbonyl (C=O) groups excluding carboxylic acids is 1. The number of methoxy groups -OCH3 is 1. The Kier molecular flexibility index (Phi) is 6.93. The molecule has 1 amide bonds. The molecule has 6 nitrogen and oxygen atoms in total. The molecule has 152 valence electrons. The Morgan fingerprint density at radius 3 is 2.55 bits per heavy atom. The van der Waals surface area contributed by atoms with Crippen molar-refractivity contribution in [1.82, 2.24) is 14.8 Å². The summed E-state index contributed by atoms with van der Waals surface area (Å²) in [6.07, 6.45) is 0.875. The summed E-state index contributed by atoms with van der Waals surface area (Å²) in [4.78, 5) is 12.5. The average molecular weight is 411 g/mol. The Morgan fingerprint density at radius 2 is 1.90 bits per heavy atom. The normalized spacial score (nSPS) is 10.8. The summed E-state index contributed by atoms with van der Waals surface area (Å²) in [7, 11) is 1.64. The Balaban J connectivity index is 1.71. The van der Waals surface area contributed by atoms with Gasteiger partial charge in [-0.1, -0.05) is 36.9 Å². The number of rotatable bonds is 8. The topological polar surface area (TPSA) is 69.0 Å². The molecule has 7 heteroatoms. The Morgan fingerprint density at radius 1 is 1.14 bits per heavy atom. The number of amides is 1. The lowest BCUT2D eigenvalue weighted by atomic mass is 10.1. The van der Waals surface area contributed by atoms with Gasteiger partial charge in [0.05, 0.1) is 12.9 Å². The van der Waals surface area contributed by atoms with Gasteiger partial charge in [-0.2, -0.15) is 0 Å². The van der Waals surface area contributed by atoms with E-state index in [9.17, 15) is 4.79 Å². The number of aryl methyl sites for hydroxylation is 2. The lowest BCUT2D eigenvalue weighted by Crippen LogP contribution is -2.16. The van der Waals surface area contributed by atoms with Gasteiger partial charge in [0.1, 0.15) is 5.75 Å². The summed E-state index contributed by atoms with van der Waals surface area (Å²) >= 11 is 1.39. The van der Waals surface area contributed by atoms with Crippen molar-refractivity contribution in [2.45, 2.75) is 38.9 Å². The second kappa shape index (κ2) is 9.60. The number of thioether (sulfide) groups is 1. The molecule has 29 heavy (non-hydrogen) atoms. The Labute approximate surface area is 175 Å². The minimum atomic E-state index is -0.0457. The molecule has 3 aromatic rings. The lowest BCUT2D eigenvalue weighted by molar-refractivity contribution is -0.113. The van der Waals surface area contributed by atoms with Gasteiger partial charge in [-0.3, -0.25) is 4.79 Å². The fourth-order valence-corrected chi connectivity index (χ4v) is 3.94. The number of nitrogens with zero attached hydrogens (tertiary/aromatic N) is 3. The van der Waals surface area contributed by atoms with Crippen molar-refractivity contribution in [1.29, 1.82) is 0 Å². The van der Waals surface area contributed by atoms with E-state index in [0.717, 1.165) is 52.1 Å². The van der Waals surface area contributed by atoms with Gasteiger partial charge in [0.15, 0.2) is 11.0 Å². The van der Waals surface area contributed by atoms with Crippen LogP contribution in [0.1, 0.15) is 25.0 Å². The number of ether oxygens (including phenoxy) is 1. The highest BCUT2D eigenvalue weighted by atomic mass is 32.2. The number of para-hydroxylation sites is 1. The molecule has 0 radical (unpaired) electrons. The molecular formula is C22H26N4O2S. The summed E-state index contributed by atoms with van der Waals surface area (Å²) < 4.78 is 7.23. The number of aromatic nitrogens is 3. The fraction of sp³-hybridized carbons (Fsp3) is 0.318. The van der Waals surface area contributed by atoms with Crippen molar-refractivity contribution >= 4 is 23.4 Å². The van der Waals surface area contributed by atoms with Crippen molar-refractivity contribution < 1.29 is 9.53 Å². The molecule has 0 aliphatic heterocycles. The zero-order valence-electron chi connectivity index (χ0n) is 17.2. The molecule has 0 spiro atoms. The van der Waals surface area contributed by atoms with Crippen LogP contribution in [-0.4, -0.2) is 33.5 Å². The quantitative estimate of drug-likeness (QED) is 0.551. The van der Waals surface area contributed by atoms with Gasteiger partial charge in [0, 0.05) is 17.8 Å². The Bertz CT molecular complexity index is 983. The number of anilines is 1. The lowest BCUT2D eigenvalue weighted by Gasteiger charge is -2.13. The Hall–Kier alpha value is -2.80. The summed E-state index contributed by atoms with van der Waals surface area (Å²) in [5.41, 5.74) is 4.09. The van der Waals surface area contributed by atoms with Crippen LogP contribution in [0, 0.1) is 6.92 Å². The van der Waals surface area contributed by atoms with E-state index in [1.165, 1.54) is 11.8 Å². The number of benzene rings is 2. The molecule has 1 aromatic heterocycles. The molecule has 0 fully saturated rings. The maximum absolute atomic E-state index is 12.5. The molecule has 1 heterocycles. The molecular weight excluding hydrogens is 384 g/mol. The van der Waals surface area contributed by atoms with Crippen molar-refractivity contribution in [2.75, 3.05) is 18.2 Å². The summed E-state index contributed by atoms with van der Waals surface area (Å²) in [5.74, 6) is 1.81. The van der Waals surface area contributed by atoms with E-state index in [1.54, 1.807) is 7.11 Å². The van der Waals surface area contributed by atoms with Crippen LogP contribution in [0.15, 0.2) is 47.6 Å². The maximum Gasteiger partial charge on any atom is 0.234 e. The predicted molar refractivity (Wildman–Crippen MR) is 118 cm³/mol. The molecule has 0 aliphatic rings. The third kappa shape index (κ3) is 4.79. The van der Waals surface area contributed by atoms with Crippen LogP contribution in [0.2, 0.25) is 0 Å². The number of hydrogen-bond donors (Lipinski definition) is 1. The highest BCUT2D eigenvalue weighted by Gasteiger charge is 2.15. The van der Waals surface area contributed by atoms with E-state index in [0.29, 0.717) is 0 Å². The highest BCUT2D eigenvalue weighted by molar-refractivity contribution is 7.99. The van der Waals surface area contributed by atoms with Crippen molar-refractivity contribution in [3.05, 3.63) is 53.6 Å².